The number of carbonyl (C=O) groups is 2. The quantitative estimate of drug-likeness (QED) is 0.425. The Kier molecular flexibility index (Phi) is 16.5. The average molecular weight is 662 g/mol. The van der Waals surface area contributed by atoms with Crippen LogP contribution in [0.4, 0.5) is 0 Å². The Morgan fingerprint density at radius 1 is 0.895 bits per heavy atom. The summed E-state index contributed by atoms with van der Waals surface area (Å²) in [5.74, 6) is -0.741. The topological polar surface area (TPSA) is 76.1 Å². The highest BCUT2D eigenvalue weighted by atomic mass is 79.9. The number of amides is 1. The first kappa shape index (κ1) is 32.4. The van der Waals surface area contributed by atoms with Crippen molar-refractivity contribution >= 4 is 43.7 Å². The molecule has 214 valence electrons. The van der Waals surface area contributed by atoms with E-state index in [2.05, 4.69) is 61.1 Å². The lowest BCUT2D eigenvalue weighted by atomic mass is 10.1. The molecule has 2 aliphatic heterocycles. The van der Waals surface area contributed by atoms with Gasteiger partial charge in [0.25, 0.3) is 5.91 Å². The van der Waals surface area contributed by atoms with Gasteiger partial charge < -0.3 is 25.1 Å². The maximum Gasteiger partial charge on any atom is 0.335 e. The number of likely N-dealkylation sites (N-methyl/N-ethyl adjacent to an activating group) is 2. The Labute approximate surface area is 249 Å². The van der Waals surface area contributed by atoms with Crippen LogP contribution < -0.4 is 5.32 Å². The van der Waals surface area contributed by atoms with E-state index in [0.29, 0.717) is 12.5 Å². The number of nitrogens with zero attached hydrogens (tertiary/aromatic N) is 3. The van der Waals surface area contributed by atoms with E-state index in [9.17, 15) is 9.59 Å². The number of benzene rings is 2. The third-order valence-electron chi connectivity index (χ3n) is 5.94. The zero-order valence-electron chi connectivity index (χ0n) is 25.7. The maximum absolute atomic E-state index is 12.3. The van der Waals surface area contributed by atoms with Gasteiger partial charge in [0.1, 0.15) is 0 Å². The monoisotopic (exact) mass is 659 g/mol. The molecule has 38 heavy (non-hydrogen) atoms. The van der Waals surface area contributed by atoms with E-state index >= 15 is 0 Å². The summed E-state index contributed by atoms with van der Waals surface area (Å²) in [6.07, 6.45) is 0. The van der Waals surface area contributed by atoms with Gasteiger partial charge in [0.05, 0.1) is 5.56 Å². The van der Waals surface area contributed by atoms with E-state index in [-0.39, 0.29) is 5.91 Å². The number of rotatable bonds is 2. The molecule has 2 heterocycles. The van der Waals surface area contributed by atoms with Gasteiger partial charge in [0, 0.05) is 69.6 Å². The molecule has 2 saturated heterocycles. The molecular formula is C29H46Br2N4O3. The molecule has 2 aliphatic rings. The summed E-state index contributed by atoms with van der Waals surface area (Å²) in [6.45, 7) is 14.5. The number of hydrogen-bond acceptors (Lipinski definition) is 5. The van der Waals surface area contributed by atoms with Crippen LogP contribution in [-0.2, 0) is 0 Å². The summed E-state index contributed by atoms with van der Waals surface area (Å²) in [6, 6.07) is 10.7. The molecular weight excluding hydrogens is 612 g/mol. The Balaban J connectivity index is 0.000000567. The molecule has 0 spiro atoms. The molecule has 0 aromatic heterocycles. The predicted octanol–water partition coefficient (Wildman–Crippen LogP) is 5.78. The van der Waals surface area contributed by atoms with Crippen LogP contribution in [-0.4, -0.2) is 98.1 Å². The van der Waals surface area contributed by atoms with Gasteiger partial charge in [0.15, 0.2) is 0 Å². The highest BCUT2D eigenvalue weighted by molar-refractivity contribution is 9.10. The smallest absolute Gasteiger partial charge is 0.335 e. The molecule has 9 heteroatoms. The standard InChI is InChI=1S/C13H17BrN2O.C8H7BrO2.C5H12N2.C2H6.CH4/c1-10-9-11(3-4-12(10)14)13(17)16-7-5-15(2)6-8-16;1-5-4-6(8(10)11)2-3-7(5)9;1-7-4-2-6-3-5-7;1-2;/h3-4,9H,5-8H2,1-2H3;2-4H,1H3,(H,10,11);6H,2-5H2,1H3;1-2H3;1H4/i;;;1D;1T. The molecule has 0 saturated carbocycles. The van der Waals surface area contributed by atoms with Gasteiger partial charge in [-0.2, -0.15) is 0 Å². The van der Waals surface area contributed by atoms with Crippen molar-refractivity contribution in [2.45, 2.75) is 35.1 Å². The van der Waals surface area contributed by atoms with E-state index in [1.165, 1.54) is 20.5 Å². The minimum absolute atomic E-state index is 0.147. The molecule has 7 nitrogen and oxygen atoms in total. The van der Waals surface area contributed by atoms with Gasteiger partial charge in [0.2, 0.25) is 0 Å². The second kappa shape index (κ2) is 19.3. The lowest BCUT2D eigenvalue weighted by Gasteiger charge is -2.32. The van der Waals surface area contributed by atoms with Gasteiger partial charge in [-0.3, -0.25) is 4.79 Å². The van der Waals surface area contributed by atoms with Crippen molar-refractivity contribution in [2.24, 2.45) is 0 Å². The first-order chi connectivity index (χ1) is 19.0. The Hall–Kier alpha value is -1.78. The van der Waals surface area contributed by atoms with Gasteiger partial charge >= 0.3 is 5.97 Å². The third-order valence-corrected chi connectivity index (χ3v) is 7.72. The number of hydrogen-bond donors (Lipinski definition) is 2. The highest BCUT2D eigenvalue weighted by Gasteiger charge is 2.20. The Morgan fingerprint density at radius 3 is 1.71 bits per heavy atom. The number of aryl methyl sites for hydroxylation is 2. The molecule has 0 atom stereocenters. The largest absolute Gasteiger partial charge is 0.478 e. The molecule has 2 aromatic rings. The van der Waals surface area contributed by atoms with E-state index < -0.39 is 5.97 Å². The van der Waals surface area contributed by atoms with Crippen LogP contribution in [0.15, 0.2) is 45.3 Å². The second-order valence-electron chi connectivity index (χ2n) is 8.88. The second-order valence-corrected chi connectivity index (χ2v) is 10.6. The fourth-order valence-corrected chi connectivity index (χ4v) is 4.02. The molecule has 2 aromatic carbocycles. The SMILES string of the molecule is CN1CCNCC1.Cc1cc(C(=O)N2CCN(C)CC2)ccc1Br.Cc1cc(C(=O)O)ccc1Br.[2H]CC.[3H]C. The zero-order chi connectivity index (χ0) is 30.7. The van der Waals surface area contributed by atoms with Crippen molar-refractivity contribution in [3.8, 4) is 0 Å². The number of carbonyl (C=O) groups excluding carboxylic acids is 1. The molecule has 2 N–H and O–H groups in total. The summed E-state index contributed by atoms with van der Waals surface area (Å²) in [5.41, 5.74) is 3.15. The molecule has 4 rings (SSSR count). The maximum atomic E-state index is 12.3. The van der Waals surface area contributed by atoms with E-state index in [0.717, 1.165) is 64.9 Å². The number of carboxylic acid groups (broad SMARTS) is 1. The number of halogens is 2. The molecule has 0 bridgehead atoms. The summed E-state index contributed by atoms with van der Waals surface area (Å²) < 4.78 is 13.9. The van der Waals surface area contributed by atoms with Crippen LogP contribution in [0.25, 0.3) is 0 Å². The van der Waals surface area contributed by atoms with Crippen LogP contribution in [0.5, 0.6) is 0 Å². The molecule has 0 radical (unpaired) electrons. The minimum atomic E-state index is -0.888. The van der Waals surface area contributed by atoms with Crippen LogP contribution >= 0.6 is 31.9 Å². The number of nitrogens with one attached hydrogen (secondary N) is 1. The Morgan fingerprint density at radius 2 is 1.32 bits per heavy atom. The third kappa shape index (κ3) is 12.8. The first-order valence-electron chi connectivity index (χ1n) is 14.1. The number of carboxylic acids is 1. The molecule has 1 amide bonds. The van der Waals surface area contributed by atoms with Gasteiger partial charge in [-0.05, 0) is 75.5 Å². The van der Waals surface area contributed by atoms with E-state index in [1.54, 1.807) is 25.1 Å². The molecule has 0 aliphatic carbocycles. The van der Waals surface area contributed by atoms with E-state index in [4.69, 9.17) is 7.85 Å². The summed E-state index contributed by atoms with van der Waals surface area (Å²) in [5, 5.41) is 11.9. The molecule has 0 unspecified atom stereocenters. The highest BCUT2D eigenvalue weighted by Crippen LogP contribution is 2.19. The normalized spacial score (nSPS) is 15.8. The van der Waals surface area contributed by atoms with Gasteiger partial charge in [-0.25, -0.2) is 4.79 Å². The van der Waals surface area contributed by atoms with Crippen molar-refractivity contribution < 1.29 is 17.4 Å². The fraction of sp³-hybridized carbons (Fsp3) is 0.517. The first-order valence-corrected chi connectivity index (χ1v) is 14.0. The van der Waals surface area contributed by atoms with Crippen LogP contribution in [0.1, 0.15) is 55.8 Å². The van der Waals surface area contributed by atoms with Crippen molar-refractivity contribution in [1.82, 2.24) is 20.0 Å². The van der Waals surface area contributed by atoms with Crippen molar-refractivity contribution in [2.75, 3.05) is 66.5 Å². The summed E-state index contributed by atoms with van der Waals surface area (Å²) >= 11 is 6.74. The fourth-order valence-electron chi connectivity index (χ4n) is 3.52. The average Bonchev–Trinajstić information content (AvgIpc) is 2.94. The minimum Gasteiger partial charge on any atom is -0.478 e. The predicted molar refractivity (Wildman–Crippen MR) is 167 cm³/mol. The van der Waals surface area contributed by atoms with Crippen molar-refractivity contribution in [1.29, 1.82) is 0 Å². The van der Waals surface area contributed by atoms with Crippen LogP contribution in [0, 0.1) is 13.8 Å². The van der Waals surface area contributed by atoms with Crippen LogP contribution in [0.2, 0.25) is 0 Å². The van der Waals surface area contributed by atoms with Crippen molar-refractivity contribution in [3.05, 3.63) is 67.6 Å². The lowest BCUT2D eigenvalue weighted by molar-refractivity contribution is 0.0662. The van der Waals surface area contributed by atoms with Crippen molar-refractivity contribution in [3.63, 3.8) is 0 Å². The lowest BCUT2D eigenvalue weighted by Crippen LogP contribution is -2.47. The zero-order valence-corrected chi connectivity index (χ0v) is 26.9. The number of piperazine rings is 2. The van der Waals surface area contributed by atoms with Gasteiger partial charge in [-0.15, -0.1) is 0 Å². The van der Waals surface area contributed by atoms with Crippen LogP contribution in [0.3, 0.4) is 0 Å². The van der Waals surface area contributed by atoms with E-state index in [1.807, 2.05) is 36.9 Å². The number of aromatic carboxylic acids is 1. The summed E-state index contributed by atoms with van der Waals surface area (Å²) in [7, 11) is 5.49. The van der Waals surface area contributed by atoms with Gasteiger partial charge in [-0.1, -0.05) is 53.1 Å². The molecule has 2 fully saturated rings. The Bertz CT molecular complexity index is 1020. The summed E-state index contributed by atoms with van der Waals surface area (Å²) in [4.78, 5) is 29.2.